The molecule has 0 aliphatic heterocycles. The summed E-state index contributed by atoms with van der Waals surface area (Å²) in [5, 5.41) is 11.1. The number of aromatic nitrogens is 1. The SMILES string of the molecule is CC(CC(=O)Nc1ccccn1)C(=O)O. The molecule has 1 amide bonds. The molecular weight excluding hydrogens is 196 g/mol. The van der Waals surface area contributed by atoms with E-state index in [9.17, 15) is 9.59 Å². The van der Waals surface area contributed by atoms with Crippen molar-refractivity contribution >= 4 is 17.7 Å². The van der Waals surface area contributed by atoms with E-state index in [1.807, 2.05) is 0 Å². The van der Waals surface area contributed by atoms with Crippen LogP contribution in [0.1, 0.15) is 13.3 Å². The lowest BCUT2D eigenvalue weighted by Crippen LogP contribution is -2.20. The zero-order chi connectivity index (χ0) is 11.3. The lowest BCUT2D eigenvalue weighted by molar-refractivity contribution is -0.142. The molecule has 80 valence electrons. The molecule has 1 heterocycles. The second kappa shape index (κ2) is 5.09. The minimum Gasteiger partial charge on any atom is -0.481 e. The van der Waals surface area contributed by atoms with Crippen molar-refractivity contribution in [2.24, 2.45) is 5.92 Å². The van der Waals surface area contributed by atoms with Gasteiger partial charge in [-0.2, -0.15) is 0 Å². The first-order chi connectivity index (χ1) is 7.09. The highest BCUT2D eigenvalue weighted by Gasteiger charge is 2.15. The largest absolute Gasteiger partial charge is 0.481 e. The average molecular weight is 208 g/mol. The molecule has 0 aliphatic carbocycles. The Morgan fingerprint density at radius 1 is 1.53 bits per heavy atom. The number of pyridine rings is 1. The number of nitrogens with one attached hydrogen (secondary N) is 1. The molecule has 5 heteroatoms. The van der Waals surface area contributed by atoms with Gasteiger partial charge in [0.05, 0.1) is 5.92 Å². The van der Waals surface area contributed by atoms with E-state index in [-0.39, 0.29) is 12.3 Å². The van der Waals surface area contributed by atoms with E-state index in [1.165, 1.54) is 6.92 Å². The lowest BCUT2D eigenvalue weighted by atomic mass is 10.1. The van der Waals surface area contributed by atoms with E-state index in [4.69, 9.17) is 5.11 Å². The number of carbonyl (C=O) groups excluding carboxylic acids is 1. The fourth-order valence-corrected chi connectivity index (χ4v) is 0.996. The molecule has 5 nitrogen and oxygen atoms in total. The minimum atomic E-state index is -0.980. The number of aliphatic carboxylic acids is 1. The Morgan fingerprint density at radius 3 is 2.80 bits per heavy atom. The number of carbonyl (C=O) groups is 2. The standard InChI is InChI=1S/C10H12N2O3/c1-7(10(14)15)6-9(13)12-8-4-2-3-5-11-8/h2-5,7H,6H2,1H3,(H,14,15)(H,11,12,13). The van der Waals surface area contributed by atoms with Crippen LogP contribution in [0.3, 0.4) is 0 Å². The van der Waals surface area contributed by atoms with Crippen LogP contribution in [0.15, 0.2) is 24.4 Å². The Hall–Kier alpha value is -1.91. The van der Waals surface area contributed by atoms with Gasteiger partial charge in [-0.15, -0.1) is 0 Å². The molecule has 1 rings (SSSR count). The van der Waals surface area contributed by atoms with Crippen LogP contribution in [0, 0.1) is 5.92 Å². The topological polar surface area (TPSA) is 79.3 Å². The summed E-state index contributed by atoms with van der Waals surface area (Å²) in [7, 11) is 0. The van der Waals surface area contributed by atoms with Crippen molar-refractivity contribution in [2.75, 3.05) is 5.32 Å². The lowest BCUT2D eigenvalue weighted by Gasteiger charge is -2.06. The molecule has 0 aliphatic rings. The van der Waals surface area contributed by atoms with Gasteiger partial charge in [-0.25, -0.2) is 4.98 Å². The van der Waals surface area contributed by atoms with Gasteiger partial charge < -0.3 is 10.4 Å². The number of amides is 1. The van der Waals surface area contributed by atoms with Gasteiger partial charge in [0.1, 0.15) is 5.82 Å². The number of carboxylic acids is 1. The molecule has 1 aromatic rings. The molecule has 0 saturated heterocycles. The highest BCUT2D eigenvalue weighted by Crippen LogP contribution is 2.05. The van der Waals surface area contributed by atoms with E-state index in [0.717, 1.165) is 0 Å². The number of anilines is 1. The van der Waals surface area contributed by atoms with Crippen LogP contribution in [0.5, 0.6) is 0 Å². The zero-order valence-corrected chi connectivity index (χ0v) is 8.30. The van der Waals surface area contributed by atoms with Gasteiger partial charge in [-0.3, -0.25) is 9.59 Å². The minimum absolute atomic E-state index is 0.0497. The molecule has 15 heavy (non-hydrogen) atoms. The normalized spacial score (nSPS) is 11.8. The molecule has 2 N–H and O–H groups in total. The number of hydrogen-bond donors (Lipinski definition) is 2. The third-order valence-electron chi connectivity index (χ3n) is 1.85. The first-order valence-electron chi connectivity index (χ1n) is 4.53. The van der Waals surface area contributed by atoms with Crippen molar-refractivity contribution in [1.29, 1.82) is 0 Å². The third kappa shape index (κ3) is 3.76. The summed E-state index contributed by atoms with van der Waals surface area (Å²) in [5.41, 5.74) is 0. The predicted molar refractivity (Wildman–Crippen MR) is 54.3 cm³/mol. The molecule has 1 unspecified atom stereocenters. The maximum atomic E-state index is 11.3. The van der Waals surface area contributed by atoms with Crippen molar-refractivity contribution in [3.05, 3.63) is 24.4 Å². The van der Waals surface area contributed by atoms with Crippen LogP contribution in [0.2, 0.25) is 0 Å². The highest BCUT2D eigenvalue weighted by atomic mass is 16.4. The first-order valence-corrected chi connectivity index (χ1v) is 4.53. The second-order valence-electron chi connectivity index (χ2n) is 3.21. The van der Waals surface area contributed by atoms with Gasteiger partial charge in [-0.05, 0) is 12.1 Å². The van der Waals surface area contributed by atoms with Crippen molar-refractivity contribution in [3.8, 4) is 0 Å². The molecule has 0 saturated carbocycles. The van der Waals surface area contributed by atoms with Crippen LogP contribution >= 0.6 is 0 Å². The smallest absolute Gasteiger partial charge is 0.306 e. The monoisotopic (exact) mass is 208 g/mol. The fraction of sp³-hybridized carbons (Fsp3) is 0.300. The molecule has 0 radical (unpaired) electrons. The summed E-state index contributed by atoms with van der Waals surface area (Å²) in [6.45, 7) is 1.49. The maximum Gasteiger partial charge on any atom is 0.306 e. The van der Waals surface area contributed by atoms with Crippen LogP contribution in [-0.4, -0.2) is 22.0 Å². The van der Waals surface area contributed by atoms with Gasteiger partial charge in [0.25, 0.3) is 0 Å². The van der Waals surface area contributed by atoms with Gasteiger partial charge in [0.2, 0.25) is 5.91 Å². The Labute approximate surface area is 87.1 Å². The van der Waals surface area contributed by atoms with Crippen molar-refractivity contribution < 1.29 is 14.7 Å². The number of hydrogen-bond acceptors (Lipinski definition) is 3. The van der Waals surface area contributed by atoms with Gasteiger partial charge >= 0.3 is 5.97 Å². The van der Waals surface area contributed by atoms with E-state index >= 15 is 0 Å². The Morgan fingerprint density at radius 2 is 2.27 bits per heavy atom. The average Bonchev–Trinajstić information content (AvgIpc) is 2.18. The first kappa shape index (κ1) is 11.2. The third-order valence-corrected chi connectivity index (χ3v) is 1.85. The predicted octanol–water partition coefficient (Wildman–Crippen LogP) is 1.13. The van der Waals surface area contributed by atoms with Crippen molar-refractivity contribution in [1.82, 2.24) is 4.98 Å². The van der Waals surface area contributed by atoms with Crippen molar-refractivity contribution in [3.63, 3.8) is 0 Å². The summed E-state index contributed by atoms with van der Waals surface area (Å²) < 4.78 is 0. The molecule has 0 bridgehead atoms. The second-order valence-corrected chi connectivity index (χ2v) is 3.21. The summed E-state index contributed by atoms with van der Waals surface area (Å²) in [6.07, 6.45) is 1.50. The summed E-state index contributed by atoms with van der Waals surface area (Å²) in [4.78, 5) is 25.7. The summed E-state index contributed by atoms with van der Waals surface area (Å²) >= 11 is 0. The fourth-order valence-electron chi connectivity index (χ4n) is 0.996. The Bertz CT molecular complexity index is 351. The number of nitrogens with zero attached hydrogens (tertiary/aromatic N) is 1. The van der Waals surface area contributed by atoms with Gasteiger partial charge in [0, 0.05) is 12.6 Å². The maximum absolute atomic E-state index is 11.3. The van der Waals surface area contributed by atoms with Gasteiger partial charge in [0.15, 0.2) is 0 Å². The molecule has 0 fully saturated rings. The molecule has 1 atom stereocenters. The Kier molecular flexibility index (Phi) is 3.79. The zero-order valence-electron chi connectivity index (χ0n) is 8.30. The van der Waals surface area contributed by atoms with Gasteiger partial charge in [-0.1, -0.05) is 13.0 Å². The van der Waals surface area contributed by atoms with Crippen LogP contribution < -0.4 is 5.32 Å². The van der Waals surface area contributed by atoms with Crippen LogP contribution in [-0.2, 0) is 9.59 Å². The van der Waals surface area contributed by atoms with E-state index in [2.05, 4.69) is 10.3 Å². The number of carboxylic acid groups (broad SMARTS) is 1. The highest BCUT2D eigenvalue weighted by molar-refractivity contribution is 5.92. The van der Waals surface area contributed by atoms with Crippen molar-refractivity contribution in [2.45, 2.75) is 13.3 Å². The van der Waals surface area contributed by atoms with Crippen LogP contribution in [0.25, 0.3) is 0 Å². The van der Waals surface area contributed by atoms with E-state index in [1.54, 1.807) is 24.4 Å². The summed E-state index contributed by atoms with van der Waals surface area (Å²) in [6, 6.07) is 5.11. The van der Waals surface area contributed by atoms with E-state index in [0.29, 0.717) is 5.82 Å². The van der Waals surface area contributed by atoms with E-state index < -0.39 is 11.9 Å². The Balaban J connectivity index is 2.47. The molecule has 0 spiro atoms. The number of rotatable bonds is 4. The molecule has 0 aromatic carbocycles. The molecular formula is C10H12N2O3. The van der Waals surface area contributed by atoms with Crippen LogP contribution in [0.4, 0.5) is 5.82 Å². The molecule has 1 aromatic heterocycles. The quantitative estimate of drug-likeness (QED) is 0.777. The summed E-state index contributed by atoms with van der Waals surface area (Å²) in [5.74, 6) is -1.58.